The van der Waals surface area contributed by atoms with Gasteiger partial charge in [-0.15, -0.1) is 0 Å². The van der Waals surface area contributed by atoms with Crippen LogP contribution in [0.2, 0.25) is 0 Å². The number of aromatic nitrogens is 2. The number of aromatic amines is 1. The number of aliphatic hydroxyl groups excluding tert-OH is 2. The summed E-state index contributed by atoms with van der Waals surface area (Å²) in [6.45, 7) is -0.329. The number of hydrogen-bond donors (Lipinski definition) is 3. The molecule has 1 aromatic rings. The number of halogens is 1. The molecule has 7 nitrogen and oxygen atoms in total. The van der Waals surface area contributed by atoms with Crippen molar-refractivity contribution in [2.45, 2.75) is 24.9 Å². The van der Waals surface area contributed by atoms with Crippen molar-refractivity contribution in [2.75, 3.05) is 6.61 Å². The van der Waals surface area contributed by atoms with Crippen LogP contribution in [0, 0.1) is 0 Å². The number of ether oxygens (including phenoxy) is 1. The molecule has 0 radical (unpaired) electrons. The highest BCUT2D eigenvalue weighted by atomic mass is 79.9. The van der Waals surface area contributed by atoms with Crippen LogP contribution in [0.3, 0.4) is 0 Å². The molecule has 0 amide bonds. The molecule has 8 heteroatoms. The summed E-state index contributed by atoms with van der Waals surface area (Å²) in [7, 11) is 0. The van der Waals surface area contributed by atoms with Crippen LogP contribution in [0.25, 0.3) is 6.08 Å². The average molecular weight is 333 g/mol. The van der Waals surface area contributed by atoms with Crippen LogP contribution < -0.4 is 11.2 Å². The van der Waals surface area contributed by atoms with Gasteiger partial charge in [0, 0.05) is 12.6 Å². The van der Waals surface area contributed by atoms with Crippen molar-refractivity contribution >= 4 is 22.0 Å². The minimum Gasteiger partial charge on any atom is -0.394 e. The van der Waals surface area contributed by atoms with Crippen molar-refractivity contribution in [2.24, 2.45) is 0 Å². The highest BCUT2D eigenvalue weighted by molar-refractivity contribution is 9.11. The molecule has 104 valence electrons. The first-order chi connectivity index (χ1) is 9.06. The predicted octanol–water partition coefficient (Wildman–Crippen LogP) is -0.457. The quantitative estimate of drug-likeness (QED) is 0.695. The molecular weight excluding hydrogens is 320 g/mol. The van der Waals surface area contributed by atoms with Gasteiger partial charge in [0.1, 0.15) is 12.3 Å². The van der Waals surface area contributed by atoms with Crippen molar-refractivity contribution in [3.63, 3.8) is 0 Å². The Hall–Kier alpha value is -1.22. The number of rotatable bonds is 3. The van der Waals surface area contributed by atoms with E-state index in [9.17, 15) is 14.7 Å². The van der Waals surface area contributed by atoms with E-state index in [1.54, 1.807) is 0 Å². The summed E-state index contributed by atoms with van der Waals surface area (Å²) in [6.07, 6.45) is 0.746. The lowest BCUT2D eigenvalue weighted by Crippen LogP contribution is -2.33. The van der Waals surface area contributed by atoms with E-state index in [2.05, 4.69) is 20.9 Å². The molecule has 1 unspecified atom stereocenters. The van der Waals surface area contributed by atoms with Gasteiger partial charge in [-0.3, -0.25) is 14.3 Å². The van der Waals surface area contributed by atoms with Crippen molar-refractivity contribution in [1.82, 2.24) is 9.55 Å². The molecule has 1 aliphatic heterocycles. The first kappa shape index (κ1) is 14.2. The van der Waals surface area contributed by atoms with Gasteiger partial charge in [-0.05, 0) is 11.1 Å². The number of hydrogen-bond acceptors (Lipinski definition) is 5. The van der Waals surface area contributed by atoms with Crippen LogP contribution in [-0.2, 0) is 4.74 Å². The van der Waals surface area contributed by atoms with Crippen LogP contribution in [0.15, 0.2) is 20.8 Å². The first-order valence-electron chi connectivity index (χ1n) is 5.63. The summed E-state index contributed by atoms with van der Waals surface area (Å²) in [5.41, 5.74) is -0.844. The minimum absolute atomic E-state index is 0.175. The molecule has 2 heterocycles. The Bertz CT molecular complexity index is 593. The van der Waals surface area contributed by atoms with Gasteiger partial charge in [0.05, 0.1) is 18.3 Å². The molecule has 2 rings (SSSR count). The standard InChI is InChI=1S/C11H13BrN2O5/c12-2-1-6-4-14(11(18)13-10(6)17)9-3-7(16)8(5-15)19-9/h1-2,4,7-9,15-16H,3,5H2,(H,13,17,18)/b2-1+/t7?,8-,9-/m1/s1. The summed E-state index contributed by atoms with van der Waals surface area (Å²) in [5.74, 6) is 0. The smallest absolute Gasteiger partial charge is 0.330 e. The summed E-state index contributed by atoms with van der Waals surface area (Å²) in [4.78, 5) is 26.9. The third-order valence-electron chi connectivity index (χ3n) is 2.93. The fourth-order valence-corrected chi connectivity index (χ4v) is 2.24. The van der Waals surface area contributed by atoms with Gasteiger partial charge in [-0.1, -0.05) is 15.9 Å². The van der Waals surface area contributed by atoms with Crippen LogP contribution in [-0.4, -0.2) is 38.6 Å². The Labute approximate surface area is 116 Å². The Morgan fingerprint density at radius 1 is 1.58 bits per heavy atom. The number of H-pyrrole nitrogens is 1. The molecule has 1 aliphatic rings. The van der Waals surface area contributed by atoms with Gasteiger partial charge >= 0.3 is 5.69 Å². The molecule has 1 fully saturated rings. The van der Waals surface area contributed by atoms with Crippen molar-refractivity contribution in [1.29, 1.82) is 0 Å². The van der Waals surface area contributed by atoms with Crippen molar-refractivity contribution < 1.29 is 14.9 Å². The highest BCUT2D eigenvalue weighted by Gasteiger charge is 2.35. The fraction of sp³-hybridized carbons (Fsp3) is 0.455. The minimum atomic E-state index is -0.844. The van der Waals surface area contributed by atoms with Gasteiger partial charge in [-0.25, -0.2) is 4.79 Å². The second-order valence-electron chi connectivity index (χ2n) is 4.16. The number of nitrogens with zero attached hydrogens (tertiary/aromatic N) is 1. The number of aliphatic hydroxyl groups is 2. The van der Waals surface area contributed by atoms with E-state index in [-0.39, 0.29) is 18.6 Å². The molecule has 19 heavy (non-hydrogen) atoms. The Kier molecular flexibility index (Phi) is 4.35. The molecule has 1 aromatic heterocycles. The lowest BCUT2D eigenvalue weighted by Gasteiger charge is -2.14. The highest BCUT2D eigenvalue weighted by Crippen LogP contribution is 2.27. The Morgan fingerprint density at radius 3 is 2.89 bits per heavy atom. The van der Waals surface area contributed by atoms with Crippen LogP contribution in [0.5, 0.6) is 0 Å². The number of nitrogens with one attached hydrogen (secondary N) is 1. The summed E-state index contributed by atoms with van der Waals surface area (Å²) < 4.78 is 6.56. The molecule has 0 aliphatic carbocycles. The second kappa shape index (κ2) is 5.83. The topological polar surface area (TPSA) is 105 Å². The molecular formula is C11H13BrN2O5. The molecule has 0 bridgehead atoms. The zero-order chi connectivity index (χ0) is 14.0. The molecule has 1 saturated heterocycles. The van der Waals surface area contributed by atoms with E-state index in [0.29, 0.717) is 0 Å². The second-order valence-corrected chi connectivity index (χ2v) is 4.69. The zero-order valence-electron chi connectivity index (χ0n) is 9.82. The van der Waals surface area contributed by atoms with E-state index in [1.807, 2.05) is 0 Å². The summed E-state index contributed by atoms with van der Waals surface area (Å²) in [5, 5.41) is 18.7. The van der Waals surface area contributed by atoms with Crippen LogP contribution in [0.4, 0.5) is 0 Å². The van der Waals surface area contributed by atoms with E-state index in [1.165, 1.54) is 21.8 Å². The van der Waals surface area contributed by atoms with E-state index in [4.69, 9.17) is 9.84 Å². The third-order valence-corrected chi connectivity index (χ3v) is 3.20. The fourth-order valence-electron chi connectivity index (χ4n) is 1.95. The lowest BCUT2D eigenvalue weighted by molar-refractivity contribution is -0.0459. The summed E-state index contributed by atoms with van der Waals surface area (Å²) >= 11 is 3.05. The predicted molar refractivity (Wildman–Crippen MR) is 70.9 cm³/mol. The molecule has 0 aromatic carbocycles. The molecule has 0 saturated carbocycles. The van der Waals surface area contributed by atoms with E-state index >= 15 is 0 Å². The van der Waals surface area contributed by atoms with Gasteiger partial charge in [0.2, 0.25) is 0 Å². The normalized spacial score (nSPS) is 27.2. The maximum atomic E-state index is 11.7. The maximum absolute atomic E-state index is 11.7. The van der Waals surface area contributed by atoms with E-state index in [0.717, 1.165) is 0 Å². The maximum Gasteiger partial charge on any atom is 0.330 e. The van der Waals surface area contributed by atoms with Crippen LogP contribution in [0.1, 0.15) is 18.2 Å². The molecule has 3 N–H and O–H groups in total. The lowest BCUT2D eigenvalue weighted by atomic mass is 10.2. The van der Waals surface area contributed by atoms with E-state index < -0.39 is 29.7 Å². The SMILES string of the molecule is O=c1[nH]c(=O)n([C@H]2CC(O)[C@@H](CO)O2)cc1/C=C/Br. The molecule has 0 spiro atoms. The van der Waals surface area contributed by atoms with Gasteiger partial charge in [-0.2, -0.15) is 0 Å². The third kappa shape index (κ3) is 2.86. The largest absolute Gasteiger partial charge is 0.394 e. The first-order valence-corrected chi connectivity index (χ1v) is 6.55. The van der Waals surface area contributed by atoms with Gasteiger partial charge in [0.25, 0.3) is 5.56 Å². The van der Waals surface area contributed by atoms with Gasteiger partial charge in [0.15, 0.2) is 0 Å². The van der Waals surface area contributed by atoms with Gasteiger partial charge < -0.3 is 14.9 Å². The van der Waals surface area contributed by atoms with Crippen molar-refractivity contribution in [3.8, 4) is 0 Å². The molecule has 3 atom stereocenters. The summed E-state index contributed by atoms with van der Waals surface area (Å²) in [6, 6.07) is 0. The average Bonchev–Trinajstić information content (AvgIpc) is 2.74. The zero-order valence-corrected chi connectivity index (χ0v) is 11.4. The Balaban J connectivity index is 2.38. The van der Waals surface area contributed by atoms with Crippen molar-refractivity contribution in [3.05, 3.63) is 37.6 Å². The van der Waals surface area contributed by atoms with Crippen LogP contribution >= 0.6 is 15.9 Å². The Morgan fingerprint density at radius 2 is 2.32 bits per heavy atom. The monoisotopic (exact) mass is 332 g/mol.